The van der Waals surface area contributed by atoms with Crippen LogP contribution in [0, 0.1) is 23.3 Å². The molecule has 0 atom stereocenters. The molecule has 5 heteroatoms. The second kappa shape index (κ2) is 10.1. The summed E-state index contributed by atoms with van der Waals surface area (Å²) in [7, 11) is 0. The molecule has 4 rings (SSSR count). The summed E-state index contributed by atoms with van der Waals surface area (Å²) in [5, 5.41) is 1.31. The third kappa shape index (κ3) is 5.36. The van der Waals surface area contributed by atoms with Crippen molar-refractivity contribution in [3.05, 3.63) is 112 Å². The van der Waals surface area contributed by atoms with Crippen molar-refractivity contribution in [1.82, 2.24) is 0 Å². The van der Waals surface area contributed by atoms with E-state index in [-0.39, 0.29) is 24.2 Å². The average molecular weight is 452 g/mol. The molecule has 0 heterocycles. The fourth-order valence-electron chi connectivity index (χ4n) is 3.97. The molecule has 0 radical (unpaired) electrons. The van der Waals surface area contributed by atoms with Crippen molar-refractivity contribution in [2.75, 3.05) is 6.61 Å². The minimum Gasteiger partial charge on any atom is -0.494 e. The summed E-state index contributed by atoms with van der Waals surface area (Å²) in [6, 6.07) is 19.2. The minimum absolute atomic E-state index is 0.205. The Labute approximate surface area is 190 Å². The van der Waals surface area contributed by atoms with Gasteiger partial charge in [-0.05, 0) is 84.5 Å². The van der Waals surface area contributed by atoms with Gasteiger partial charge in [-0.3, -0.25) is 0 Å². The number of ether oxygens (including phenoxy) is 1. The molecule has 0 amide bonds. The number of aryl methyl sites for hydroxylation is 4. The van der Waals surface area contributed by atoms with Crippen molar-refractivity contribution in [3.8, 4) is 5.75 Å². The number of benzene rings is 4. The van der Waals surface area contributed by atoms with Crippen molar-refractivity contribution in [2.24, 2.45) is 0 Å². The maximum absolute atomic E-state index is 15.1. The molecule has 0 aliphatic heterocycles. The van der Waals surface area contributed by atoms with Crippen LogP contribution in [0.25, 0.3) is 10.8 Å². The van der Waals surface area contributed by atoms with Crippen LogP contribution in [0.4, 0.5) is 17.6 Å². The van der Waals surface area contributed by atoms with Crippen LogP contribution >= 0.6 is 0 Å². The molecule has 0 unspecified atom stereocenters. The number of fused-ring (bicyclic) bond motifs is 1. The first-order valence-corrected chi connectivity index (χ1v) is 11.0. The topological polar surface area (TPSA) is 9.23 Å². The van der Waals surface area contributed by atoms with E-state index in [2.05, 4.69) is 12.1 Å². The molecule has 0 aliphatic rings. The zero-order chi connectivity index (χ0) is 23.4. The lowest BCUT2D eigenvalue weighted by Crippen LogP contribution is -1.99. The van der Waals surface area contributed by atoms with Crippen LogP contribution in [0.3, 0.4) is 0 Å². The summed E-state index contributed by atoms with van der Waals surface area (Å²) in [5.74, 6) is -3.45. The molecule has 0 bridgehead atoms. The third-order valence-electron chi connectivity index (χ3n) is 5.76. The zero-order valence-electron chi connectivity index (χ0n) is 18.3. The van der Waals surface area contributed by atoms with Crippen LogP contribution in [-0.2, 0) is 25.7 Å². The van der Waals surface area contributed by atoms with Gasteiger partial charge in [0, 0.05) is 5.39 Å². The van der Waals surface area contributed by atoms with Gasteiger partial charge in [0.25, 0.3) is 0 Å². The van der Waals surface area contributed by atoms with E-state index in [0.717, 1.165) is 41.7 Å². The fraction of sp³-hybridized carbons (Fsp3) is 0.214. The molecule has 4 aromatic carbocycles. The lowest BCUT2D eigenvalue weighted by molar-refractivity contribution is 0.340. The SMILES string of the molecule is CCOc1ccc(CCc2ccc3c(F)c(CCc4cc(F)c(F)c(F)c4)ccc3c2)cc1. The smallest absolute Gasteiger partial charge is 0.194 e. The molecular formula is C28H24F4O. The Morgan fingerprint density at radius 1 is 0.606 bits per heavy atom. The van der Waals surface area contributed by atoms with Gasteiger partial charge in [0.1, 0.15) is 11.6 Å². The van der Waals surface area contributed by atoms with Crippen LogP contribution in [0.5, 0.6) is 5.75 Å². The minimum atomic E-state index is -1.49. The summed E-state index contributed by atoms with van der Waals surface area (Å²) in [4.78, 5) is 0. The second-order valence-electron chi connectivity index (χ2n) is 8.04. The van der Waals surface area contributed by atoms with Crippen LogP contribution in [0.2, 0.25) is 0 Å². The highest BCUT2D eigenvalue weighted by molar-refractivity contribution is 5.84. The molecule has 0 saturated heterocycles. The van der Waals surface area contributed by atoms with Crippen LogP contribution < -0.4 is 4.74 Å². The van der Waals surface area contributed by atoms with Crippen molar-refractivity contribution in [2.45, 2.75) is 32.6 Å². The van der Waals surface area contributed by atoms with E-state index in [1.54, 1.807) is 12.1 Å². The van der Waals surface area contributed by atoms with E-state index in [1.165, 1.54) is 5.56 Å². The summed E-state index contributed by atoms with van der Waals surface area (Å²) in [6.07, 6.45) is 2.15. The van der Waals surface area contributed by atoms with E-state index in [0.29, 0.717) is 17.6 Å². The molecule has 0 fully saturated rings. The molecule has 0 N–H and O–H groups in total. The Bertz CT molecular complexity index is 1240. The van der Waals surface area contributed by atoms with Crippen LogP contribution in [0.1, 0.15) is 29.2 Å². The van der Waals surface area contributed by atoms with E-state index in [9.17, 15) is 13.2 Å². The first kappa shape index (κ1) is 22.8. The lowest BCUT2D eigenvalue weighted by Gasteiger charge is -2.10. The van der Waals surface area contributed by atoms with Crippen molar-refractivity contribution < 1.29 is 22.3 Å². The maximum atomic E-state index is 15.1. The molecule has 4 aromatic rings. The largest absolute Gasteiger partial charge is 0.494 e. The number of halogens is 4. The quantitative estimate of drug-likeness (QED) is 0.200. The molecular weight excluding hydrogens is 428 g/mol. The summed E-state index contributed by atoms with van der Waals surface area (Å²) in [5.41, 5.74) is 3.06. The highest BCUT2D eigenvalue weighted by Gasteiger charge is 2.12. The van der Waals surface area contributed by atoms with Gasteiger partial charge in [-0.15, -0.1) is 0 Å². The van der Waals surface area contributed by atoms with Gasteiger partial charge in [0.15, 0.2) is 17.5 Å². The summed E-state index contributed by atoms with van der Waals surface area (Å²) < 4.78 is 60.5. The van der Waals surface area contributed by atoms with Gasteiger partial charge in [0.05, 0.1) is 6.61 Å². The lowest BCUT2D eigenvalue weighted by atomic mass is 9.97. The average Bonchev–Trinajstić information content (AvgIpc) is 2.82. The van der Waals surface area contributed by atoms with Crippen molar-refractivity contribution in [1.29, 1.82) is 0 Å². The number of rotatable bonds is 8. The summed E-state index contributed by atoms with van der Waals surface area (Å²) >= 11 is 0. The zero-order valence-corrected chi connectivity index (χ0v) is 18.3. The predicted molar refractivity (Wildman–Crippen MR) is 123 cm³/mol. The standard InChI is InChI=1S/C28H24F4O/c1-2-33-23-12-6-18(7-13-23)3-4-19-8-14-24-22(15-19)11-10-21(27(24)31)9-5-20-16-25(29)28(32)26(30)17-20/h6-8,10-17H,2-5,9H2,1H3. The van der Waals surface area contributed by atoms with Gasteiger partial charge >= 0.3 is 0 Å². The molecule has 0 aromatic heterocycles. The monoisotopic (exact) mass is 452 g/mol. The predicted octanol–water partition coefficient (Wildman–Crippen LogP) is 7.37. The van der Waals surface area contributed by atoms with Crippen molar-refractivity contribution in [3.63, 3.8) is 0 Å². The second-order valence-corrected chi connectivity index (χ2v) is 8.04. The molecule has 0 saturated carbocycles. The van der Waals surface area contributed by atoms with Gasteiger partial charge < -0.3 is 4.74 Å². The first-order chi connectivity index (χ1) is 15.9. The fourth-order valence-corrected chi connectivity index (χ4v) is 3.97. The third-order valence-corrected chi connectivity index (χ3v) is 5.76. The Morgan fingerprint density at radius 2 is 1.24 bits per heavy atom. The van der Waals surface area contributed by atoms with E-state index in [4.69, 9.17) is 4.74 Å². The van der Waals surface area contributed by atoms with Crippen molar-refractivity contribution >= 4 is 10.8 Å². The molecule has 0 aliphatic carbocycles. The highest BCUT2D eigenvalue weighted by atomic mass is 19.2. The number of hydrogen-bond acceptors (Lipinski definition) is 1. The normalized spacial score (nSPS) is 11.2. The highest BCUT2D eigenvalue weighted by Crippen LogP contribution is 2.25. The Morgan fingerprint density at radius 3 is 1.94 bits per heavy atom. The van der Waals surface area contributed by atoms with Gasteiger partial charge in [-0.1, -0.05) is 42.5 Å². The number of hydrogen-bond donors (Lipinski definition) is 0. The maximum Gasteiger partial charge on any atom is 0.194 e. The Kier molecular flexibility index (Phi) is 6.97. The van der Waals surface area contributed by atoms with E-state index >= 15 is 4.39 Å². The van der Waals surface area contributed by atoms with Crippen LogP contribution in [0.15, 0.2) is 66.7 Å². The van der Waals surface area contributed by atoms with Crippen LogP contribution in [-0.4, -0.2) is 6.61 Å². The Balaban J connectivity index is 1.44. The van der Waals surface area contributed by atoms with E-state index < -0.39 is 17.5 Å². The molecule has 170 valence electrons. The molecule has 33 heavy (non-hydrogen) atoms. The molecule has 1 nitrogen and oxygen atoms in total. The van der Waals surface area contributed by atoms with Gasteiger partial charge in [-0.25, -0.2) is 17.6 Å². The van der Waals surface area contributed by atoms with Gasteiger partial charge in [0.2, 0.25) is 0 Å². The van der Waals surface area contributed by atoms with Gasteiger partial charge in [-0.2, -0.15) is 0 Å². The molecule has 0 spiro atoms. The summed E-state index contributed by atoms with van der Waals surface area (Å²) in [6.45, 7) is 2.59. The van der Waals surface area contributed by atoms with E-state index in [1.807, 2.05) is 37.3 Å². The first-order valence-electron chi connectivity index (χ1n) is 11.0. The Hall–Kier alpha value is -3.34.